The van der Waals surface area contributed by atoms with Crippen LogP contribution in [0.3, 0.4) is 0 Å². The molecule has 1 aliphatic heterocycles. The first-order chi connectivity index (χ1) is 11.0. The second-order valence-corrected chi connectivity index (χ2v) is 5.94. The van der Waals surface area contributed by atoms with E-state index >= 15 is 0 Å². The van der Waals surface area contributed by atoms with Crippen LogP contribution in [0.1, 0.15) is 38.5 Å². The maximum atomic E-state index is 12.4. The molecule has 23 heavy (non-hydrogen) atoms. The van der Waals surface area contributed by atoms with Gasteiger partial charge in [0.2, 0.25) is 5.91 Å². The van der Waals surface area contributed by atoms with Crippen LogP contribution in [0.4, 0.5) is 0 Å². The molecule has 0 bridgehead atoms. The molecular weight excluding hydrogens is 298 g/mol. The van der Waals surface area contributed by atoms with Crippen LogP contribution >= 0.6 is 0 Å². The van der Waals surface area contributed by atoms with Crippen LogP contribution in [-0.2, 0) is 14.3 Å². The zero-order valence-corrected chi connectivity index (χ0v) is 13.7. The van der Waals surface area contributed by atoms with E-state index in [2.05, 4.69) is 24.3 Å². The lowest BCUT2D eigenvalue weighted by Gasteiger charge is -2.21. The number of nitrogens with one attached hydrogen (secondary N) is 1. The molecule has 0 aliphatic carbocycles. The van der Waals surface area contributed by atoms with Crippen molar-refractivity contribution in [2.24, 2.45) is 11.0 Å². The maximum Gasteiger partial charge on any atom is 0.268 e. The Morgan fingerprint density at radius 1 is 1.43 bits per heavy atom. The van der Waals surface area contributed by atoms with Crippen LogP contribution in [0.25, 0.3) is 0 Å². The van der Waals surface area contributed by atoms with E-state index in [1.54, 1.807) is 25.4 Å². The van der Waals surface area contributed by atoms with E-state index in [1.807, 2.05) is 0 Å². The number of nitrogens with zero attached hydrogens (tertiary/aromatic N) is 2. The average Bonchev–Trinajstić information content (AvgIpc) is 3.02. The van der Waals surface area contributed by atoms with Gasteiger partial charge in [0.25, 0.3) is 5.91 Å². The number of hydrazone groups is 1. The van der Waals surface area contributed by atoms with Crippen molar-refractivity contribution >= 4 is 17.5 Å². The number of furan rings is 1. The van der Waals surface area contributed by atoms with Crippen molar-refractivity contribution in [2.75, 3.05) is 20.3 Å². The lowest BCUT2D eigenvalue weighted by molar-refractivity contribution is -0.130. The standard InChI is InChI=1S/C16H23N3O4/c1-11(2)9-22-10-13(14-5-4-8-23-14)17-16(21)12-6-7-15(20)19(3)18-12/h4-5,8,11,13H,6-7,9-10H2,1-3H3,(H,17,21)/t13-/m0/s1. The van der Waals surface area contributed by atoms with E-state index in [0.717, 1.165) is 0 Å². The van der Waals surface area contributed by atoms with Gasteiger partial charge in [0.1, 0.15) is 17.5 Å². The maximum absolute atomic E-state index is 12.4. The monoisotopic (exact) mass is 321 g/mol. The van der Waals surface area contributed by atoms with Crippen molar-refractivity contribution in [1.29, 1.82) is 0 Å². The molecule has 7 heteroatoms. The normalized spacial score (nSPS) is 16.4. The number of carbonyl (C=O) groups excluding carboxylic acids is 2. The Hall–Kier alpha value is -2.15. The first-order valence-corrected chi connectivity index (χ1v) is 7.73. The predicted octanol–water partition coefficient (Wildman–Crippen LogP) is 1.72. The minimum absolute atomic E-state index is 0.0931. The van der Waals surface area contributed by atoms with Gasteiger partial charge in [-0.2, -0.15) is 5.10 Å². The number of ether oxygens (including phenoxy) is 1. The number of hydrogen-bond donors (Lipinski definition) is 1. The Bertz CT molecular complexity index is 566. The van der Waals surface area contributed by atoms with Gasteiger partial charge < -0.3 is 14.5 Å². The van der Waals surface area contributed by atoms with Crippen molar-refractivity contribution in [3.05, 3.63) is 24.2 Å². The Balaban J connectivity index is 2.01. The van der Waals surface area contributed by atoms with E-state index in [1.165, 1.54) is 5.01 Å². The van der Waals surface area contributed by atoms with Crippen molar-refractivity contribution in [3.8, 4) is 0 Å². The van der Waals surface area contributed by atoms with Gasteiger partial charge in [-0.25, -0.2) is 5.01 Å². The quantitative estimate of drug-likeness (QED) is 0.828. The Labute approximate surface area is 135 Å². The number of rotatable bonds is 7. The van der Waals surface area contributed by atoms with E-state index in [-0.39, 0.29) is 24.3 Å². The summed E-state index contributed by atoms with van der Waals surface area (Å²) in [5.74, 6) is 0.636. The molecule has 0 radical (unpaired) electrons. The summed E-state index contributed by atoms with van der Waals surface area (Å²) in [6.45, 7) is 5.04. The third kappa shape index (κ3) is 4.92. The molecule has 0 saturated carbocycles. The molecule has 0 unspecified atom stereocenters. The summed E-state index contributed by atoms with van der Waals surface area (Å²) in [5, 5.41) is 8.10. The predicted molar refractivity (Wildman–Crippen MR) is 84.7 cm³/mol. The fraction of sp³-hybridized carbons (Fsp3) is 0.562. The largest absolute Gasteiger partial charge is 0.467 e. The highest BCUT2D eigenvalue weighted by molar-refractivity contribution is 6.39. The van der Waals surface area contributed by atoms with E-state index in [4.69, 9.17) is 9.15 Å². The van der Waals surface area contributed by atoms with Crippen molar-refractivity contribution in [1.82, 2.24) is 10.3 Å². The molecule has 0 aromatic carbocycles. The molecule has 2 amide bonds. The fourth-order valence-electron chi connectivity index (χ4n) is 2.18. The highest BCUT2D eigenvalue weighted by Gasteiger charge is 2.25. The van der Waals surface area contributed by atoms with Crippen molar-refractivity contribution < 1.29 is 18.7 Å². The summed E-state index contributed by atoms with van der Waals surface area (Å²) in [6, 6.07) is 3.17. The second kappa shape index (κ2) is 7.92. The highest BCUT2D eigenvalue weighted by Crippen LogP contribution is 2.15. The van der Waals surface area contributed by atoms with Crippen molar-refractivity contribution in [3.63, 3.8) is 0 Å². The van der Waals surface area contributed by atoms with Crippen LogP contribution in [0.15, 0.2) is 27.9 Å². The Morgan fingerprint density at radius 3 is 2.83 bits per heavy atom. The van der Waals surface area contributed by atoms with Gasteiger partial charge in [0.05, 0.1) is 12.9 Å². The molecule has 1 aromatic heterocycles. The van der Waals surface area contributed by atoms with E-state index in [9.17, 15) is 9.59 Å². The third-order valence-electron chi connectivity index (χ3n) is 3.40. The molecule has 1 atom stereocenters. The number of carbonyl (C=O) groups is 2. The van der Waals surface area contributed by atoms with E-state index < -0.39 is 0 Å². The second-order valence-electron chi connectivity index (χ2n) is 5.94. The van der Waals surface area contributed by atoms with Gasteiger partial charge in [-0.05, 0) is 18.1 Å². The SMILES string of the molecule is CC(C)COC[C@H](NC(=O)C1=NN(C)C(=O)CC1)c1ccco1. The lowest BCUT2D eigenvalue weighted by atomic mass is 10.1. The molecule has 1 N–H and O–H groups in total. The third-order valence-corrected chi connectivity index (χ3v) is 3.40. The van der Waals surface area contributed by atoms with Gasteiger partial charge in [-0.1, -0.05) is 13.8 Å². The van der Waals surface area contributed by atoms with Gasteiger partial charge in [0, 0.05) is 26.5 Å². The summed E-state index contributed by atoms with van der Waals surface area (Å²) >= 11 is 0. The minimum Gasteiger partial charge on any atom is -0.467 e. The lowest BCUT2D eigenvalue weighted by Crippen LogP contribution is -2.40. The molecule has 0 saturated heterocycles. The molecule has 0 spiro atoms. The number of hydrogen-bond acceptors (Lipinski definition) is 5. The van der Waals surface area contributed by atoms with Crippen molar-refractivity contribution in [2.45, 2.75) is 32.7 Å². The van der Waals surface area contributed by atoms with Gasteiger partial charge in [0.15, 0.2) is 0 Å². The molecular formula is C16H23N3O4. The first-order valence-electron chi connectivity index (χ1n) is 7.73. The van der Waals surface area contributed by atoms with Gasteiger partial charge >= 0.3 is 0 Å². The topological polar surface area (TPSA) is 84.1 Å². The molecule has 1 aromatic rings. The van der Waals surface area contributed by atoms with Crippen LogP contribution in [0.5, 0.6) is 0 Å². The molecule has 2 rings (SSSR count). The highest BCUT2D eigenvalue weighted by atomic mass is 16.5. The van der Waals surface area contributed by atoms with Crippen LogP contribution in [0, 0.1) is 5.92 Å². The van der Waals surface area contributed by atoms with Crippen LogP contribution in [-0.4, -0.2) is 42.8 Å². The molecule has 126 valence electrons. The zero-order valence-electron chi connectivity index (χ0n) is 13.7. The van der Waals surface area contributed by atoms with Gasteiger partial charge in [-0.15, -0.1) is 0 Å². The summed E-state index contributed by atoms with van der Waals surface area (Å²) in [5.41, 5.74) is 0.340. The summed E-state index contributed by atoms with van der Waals surface area (Å²) in [7, 11) is 1.55. The number of amides is 2. The van der Waals surface area contributed by atoms with Crippen LogP contribution < -0.4 is 5.32 Å². The Kier molecular flexibility index (Phi) is 5.92. The Morgan fingerprint density at radius 2 is 2.22 bits per heavy atom. The smallest absolute Gasteiger partial charge is 0.268 e. The fourth-order valence-corrected chi connectivity index (χ4v) is 2.18. The minimum atomic E-state index is -0.387. The van der Waals surface area contributed by atoms with Gasteiger partial charge in [-0.3, -0.25) is 9.59 Å². The summed E-state index contributed by atoms with van der Waals surface area (Å²) in [6.07, 6.45) is 2.19. The molecule has 1 aliphatic rings. The summed E-state index contributed by atoms with van der Waals surface area (Å²) in [4.78, 5) is 23.8. The molecule has 0 fully saturated rings. The van der Waals surface area contributed by atoms with Crippen LogP contribution in [0.2, 0.25) is 0 Å². The molecule has 7 nitrogen and oxygen atoms in total. The summed E-state index contributed by atoms with van der Waals surface area (Å²) < 4.78 is 11.0. The van der Waals surface area contributed by atoms with E-state index in [0.29, 0.717) is 37.0 Å². The molecule has 2 heterocycles. The average molecular weight is 321 g/mol. The first kappa shape index (κ1) is 17.2. The zero-order chi connectivity index (χ0) is 16.8.